The van der Waals surface area contributed by atoms with Gasteiger partial charge in [-0.3, -0.25) is 4.79 Å². The van der Waals surface area contributed by atoms with Gasteiger partial charge in [0, 0.05) is 32.5 Å². The van der Waals surface area contributed by atoms with Gasteiger partial charge < -0.3 is 4.90 Å². The summed E-state index contributed by atoms with van der Waals surface area (Å²) >= 11 is 0. The number of hydrogen-bond acceptors (Lipinski definition) is 3. The second-order valence-electron chi connectivity index (χ2n) is 5.38. The lowest BCUT2D eigenvalue weighted by Gasteiger charge is -2.43. The van der Waals surface area contributed by atoms with Crippen molar-refractivity contribution in [1.29, 1.82) is 0 Å². The van der Waals surface area contributed by atoms with Crippen molar-refractivity contribution in [1.82, 2.24) is 9.21 Å². The number of carbonyl (C=O) groups excluding carboxylic acids is 1. The van der Waals surface area contributed by atoms with Gasteiger partial charge in [0.15, 0.2) is 0 Å². The predicted octanol–water partition coefficient (Wildman–Crippen LogP) is 1.06. The maximum absolute atomic E-state index is 12.9. The zero-order valence-electron chi connectivity index (χ0n) is 11.7. The number of sulfonamides is 1. The monoisotopic (exact) mass is 310 g/mol. The van der Waals surface area contributed by atoms with Crippen LogP contribution in [0.1, 0.15) is 33.1 Å². The van der Waals surface area contributed by atoms with Crippen molar-refractivity contribution < 1.29 is 22.0 Å². The van der Waals surface area contributed by atoms with Gasteiger partial charge in [0.25, 0.3) is 5.92 Å². The minimum absolute atomic E-state index is 0.197. The molecular formula is C12H20F2N2O3S. The standard InChI is InChI=1S/C12H20F2N2O3S/c1-3-10-11(17)15(4-2)5-6-16(10)20(18,19)9-7-12(13,14)8-9/h9-10H,3-8H2,1-2H3. The molecular weight excluding hydrogens is 290 g/mol. The van der Waals surface area contributed by atoms with Gasteiger partial charge >= 0.3 is 0 Å². The Morgan fingerprint density at radius 2 is 1.85 bits per heavy atom. The molecule has 0 N–H and O–H groups in total. The third kappa shape index (κ3) is 2.55. The Labute approximate surface area is 118 Å². The Morgan fingerprint density at radius 3 is 2.30 bits per heavy atom. The van der Waals surface area contributed by atoms with Gasteiger partial charge in [0.05, 0.1) is 5.25 Å². The van der Waals surface area contributed by atoms with Gasteiger partial charge in [-0.05, 0) is 13.3 Å². The molecule has 1 atom stereocenters. The lowest BCUT2D eigenvalue weighted by Crippen LogP contribution is -2.61. The number of alkyl halides is 2. The molecule has 0 spiro atoms. The van der Waals surface area contributed by atoms with Crippen LogP contribution in [-0.2, 0) is 14.8 Å². The topological polar surface area (TPSA) is 57.7 Å². The van der Waals surface area contributed by atoms with Crippen LogP contribution in [0.2, 0.25) is 0 Å². The molecule has 0 radical (unpaired) electrons. The summed E-state index contributed by atoms with van der Waals surface area (Å²) in [6.07, 6.45) is -0.903. The smallest absolute Gasteiger partial charge is 0.250 e. The second-order valence-corrected chi connectivity index (χ2v) is 7.55. The van der Waals surface area contributed by atoms with Crippen molar-refractivity contribution in [2.24, 2.45) is 0 Å². The molecule has 1 aliphatic heterocycles. The second kappa shape index (κ2) is 5.22. The van der Waals surface area contributed by atoms with E-state index in [-0.39, 0.29) is 12.5 Å². The van der Waals surface area contributed by atoms with E-state index in [4.69, 9.17) is 0 Å². The molecule has 2 aliphatic rings. The Balaban J connectivity index is 2.17. The van der Waals surface area contributed by atoms with Crippen LogP contribution >= 0.6 is 0 Å². The molecule has 116 valence electrons. The SMILES string of the molecule is CCC1C(=O)N(CC)CCN1S(=O)(=O)C1CC(F)(F)C1. The van der Waals surface area contributed by atoms with E-state index in [0.717, 1.165) is 4.31 Å². The van der Waals surface area contributed by atoms with Crippen molar-refractivity contribution in [3.63, 3.8) is 0 Å². The van der Waals surface area contributed by atoms with E-state index in [1.54, 1.807) is 11.8 Å². The highest BCUT2D eigenvalue weighted by atomic mass is 32.2. The minimum Gasteiger partial charge on any atom is -0.340 e. The van der Waals surface area contributed by atoms with Gasteiger partial charge in [0.2, 0.25) is 15.9 Å². The molecule has 0 aromatic heterocycles. The first-order valence-electron chi connectivity index (χ1n) is 6.90. The summed E-state index contributed by atoms with van der Waals surface area (Å²) in [6.45, 7) is 4.63. The van der Waals surface area contributed by atoms with Gasteiger partial charge in [-0.25, -0.2) is 17.2 Å². The summed E-state index contributed by atoms with van der Waals surface area (Å²) < 4.78 is 51.7. The number of rotatable bonds is 4. The summed E-state index contributed by atoms with van der Waals surface area (Å²) in [5, 5.41) is -1.05. The van der Waals surface area contributed by atoms with E-state index < -0.39 is 40.1 Å². The fourth-order valence-electron chi connectivity index (χ4n) is 2.82. The van der Waals surface area contributed by atoms with E-state index in [1.165, 1.54) is 0 Å². The van der Waals surface area contributed by atoms with Gasteiger partial charge in [-0.15, -0.1) is 0 Å². The fraction of sp³-hybridized carbons (Fsp3) is 0.917. The number of amides is 1. The van der Waals surface area contributed by atoms with Crippen LogP contribution in [-0.4, -0.2) is 60.4 Å². The van der Waals surface area contributed by atoms with E-state index >= 15 is 0 Å². The molecule has 1 saturated carbocycles. The summed E-state index contributed by atoms with van der Waals surface area (Å²) in [6, 6.07) is -0.747. The first kappa shape index (κ1) is 15.6. The molecule has 0 aromatic rings. The van der Waals surface area contributed by atoms with E-state index in [9.17, 15) is 22.0 Å². The van der Waals surface area contributed by atoms with Crippen LogP contribution in [0.3, 0.4) is 0 Å². The first-order valence-corrected chi connectivity index (χ1v) is 8.40. The number of carbonyl (C=O) groups is 1. The summed E-state index contributed by atoms with van der Waals surface area (Å²) in [7, 11) is -3.82. The van der Waals surface area contributed by atoms with E-state index in [1.807, 2.05) is 6.92 Å². The van der Waals surface area contributed by atoms with Crippen LogP contribution in [0.5, 0.6) is 0 Å². The number of piperazine rings is 1. The Morgan fingerprint density at radius 1 is 1.25 bits per heavy atom. The van der Waals surface area contributed by atoms with E-state index in [0.29, 0.717) is 19.5 Å². The highest BCUT2D eigenvalue weighted by Gasteiger charge is 2.55. The summed E-state index contributed by atoms with van der Waals surface area (Å²) in [5.74, 6) is -3.11. The molecule has 2 rings (SSSR count). The number of likely N-dealkylation sites (N-methyl/N-ethyl adjacent to an activating group) is 1. The Kier molecular flexibility index (Phi) is 4.07. The first-order chi connectivity index (χ1) is 9.23. The van der Waals surface area contributed by atoms with Crippen LogP contribution in [0, 0.1) is 0 Å². The maximum Gasteiger partial charge on any atom is 0.250 e. The maximum atomic E-state index is 12.9. The quantitative estimate of drug-likeness (QED) is 0.780. The molecule has 5 nitrogen and oxygen atoms in total. The average molecular weight is 310 g/mol. The molecule has 1 saturated heterocycles. The van der Waals surface area contributed by atoms with Crippen molar-refractivity contribution >= 4 is 15.9 Å². The third-order valence-corrected chi connectivity index (χ3v) is 6.37. The number of halogens is 2. The lowest BCUT2D eigenvalue weighted by molar-refractivity contribution is -0.138. The fourth-order valence-corrected chi connectivity index (χ4v) is 5.05. The van der Waals surface area contributed by atoms with Crippen LogP contribution in [0.4, 0.5) is 8.78 Å². The third-order valence-electron chi connectivity index (χ3n) is 4.10. The Bertz CT molecular complexity index is 487. The molecule has 1 unspecified atom stereocenters. The minimum atomic E-state index is -3.82. The van der Waals surface area contributed by atoms with Crippen molar-refractivity contribution in [3.05, 3.63) is 0 Å². The van der Waals surface area contributed by atoms with Crippen LogP contribution in [0.15, 0.2) is 0 Å². The van der Waals surface area contributed by atoms with E-state index in [2.05, 4.69) is 0 Å². The van der Waals surface area contributed by atoms with Crippen LogP contribution in [0.25, 0.3) is 0 Å². The van der Waals surface area contributed by atoms with Gasteiger partial charge in [-0.1, -0.05) is 6.92 Å². The highest BCUT2D eigenvalue weighted by Crippen LogP contribution is 2.43. The number of hydrogen-bond donors (Lipinski definition) is 0. The van der Waals surface area contributed by atoms with Gasteiger partial charge in [0.1, 0.15) is 6.04 Å². The predicted molar refractivity (Wildman–Crippen MR) is 69.9 cm³/mol. The molecule has 2 fully saturated rings. The normalized spacial score (nSPS) is 28.5. The molecule has 1 aliphatic carbocycles. The largest absolute Gasteiger partial charge is 0.340 e. The molecule has 1 amide bonds. The number of nitrogens with zero attached hydrogens (tertiary/aromatic N) is 2. The average Bonchev–Trinajstić information content (AvgIpc) is 2.35. The zero-order valence-corrected chi connectivity index (χ0v) is 12.5. The van der Waals surface area contributed by atoms with Crippen LogP contribution < -0.4 is 0 Å². The lowest BCUT2D eigenvalue weighted by atomic mass is 9.94. The zero-order chi connectivity index (χ0) is 15.1. The molecule has 20 heavy (non-hydrogen) atoms. The Hall–Kier alpha value is -0.760. The van der Waals surface area contributed by atoms with Crippen molar-refractivity contribution in [3.8, 4) is 0 Å². The highest BCUT2D eigenvalue weighted by molar-refractivity contribution is 7.89. The molecule has 1 heterocycles. The summed E-state index contributed by atoms with van der Waals surface area (Å²) in [5.41, 5.74) is 0. The molecule has 0 aromatic carbocycles. The summed E-state index contributed by atoms with van der Waals surface area (Å²) in [4.78, 5) is 13.8. The molecule has 0 bridgehead atoms. The van der Waals surface area contributed by atoms with Crippen molar-refractivity contribution in [2.45, 2.75) is 50.3 Å². The molecule has 8 heteroatoms. The van der Waals surface area contributed by atoms with Gasteiger partial charge in [-0.2, -0.15) is 4.31 Å². The van der Waals surface area contributed by atoms with Crippen molar-refractivity contribution in [2.75, 3.05) is 19.6 Å².